The summed E-state index contributed by atoms with van der Waals surface area (Å²) in [6.45, 7) is 0.643. The van der Waals surface area contributed by atoms with Gasteiger partial charge in [0.15, 0.2) is 5.78 Å². The van der Waals surface area contributed by atoms with Gasteiger partial charge in [0.25, 0.3) is 0 Å². The molecule has 0 aliphatic carbocycles. The van der Waals surface area contributed by atoms with Crippen molar-refractivity contribution in [2.24, 2.45) is 18.9 Å². The minimum Gasteiger partial charge on any atom is -0.469 e. The summed E-state index contributed by atoms with van der Waals surface area (Å²) in [7, 11) is 6.44. The van der Waals surface area contributed by atoms with Gasteiger partial charge in [0, 0.05) is 56.5 Å². The van der Waals surface area contributed by atoms with Crippen LogP contribution in [-0.2, 0) is 26.1 Å². The van der Waals surface area contributed by atoms with Gasteiger partial charge in [0.05, 0.1) is 25.5 Å². The minimum atomic E-state index is -0.445. The van der Waals surface area contributed by atoms with Gasteiger partial charge >= 0.3 is 11.9 Å². The normalized spacial score (nSPS) is 18.8. The number of nitrogens with zero attached hydrogens (tertiary/aromatic N) is 2. The predicted octanol–water partition coefficient (Wildman–Crippen LogP) is 2.94. The van der Waals surface area contributed by atoms with Crippen LogP contribution in [0.15, 0.2) is 42.1 Å². The number of benzene rings is 1. The van der Waals surface area contributed by atoms with Gasteiger partial charge < -0.3 is 18.9 Å². The van der Waals surface area contributed by atoms with Gasteiger partial charge in [-0.25, -0.2) is 4.79 Å². The predicted molar refractivity (Wildman–Crippen MR) is 113 cm³/mol. The van der Waals surface area contributed by atoms with E-state index in [4.69, 9.17) is 9.47 Å². The molecule has 0 saturated carbocycles. The molecule has 2 heterocycles. The molecule has 2 aromatic rings. The summed E-state index contributed by atoms with van der Waals surface area (Å²) >= 11 is 0. The third-order valence-electron chi connectivity index (χ3n) is 5.86. The van der Waals surface area contributed by atoms with Crippen LogP contribution in [0.5, 0.6) is 0 Å². The van der Waals surface area contributed by atoms with Crippen LogP contribution in [0.4, 0.5) is 0 Å². The second-order valence-corrected chi connectivity index (χ2v) is 7.77. The van der Waals surface area contributed by atoms with Crippen LogP contribution in [0.1, 0.15) is 29.8 Å². The van der Waals surface area contributed by atoms with Gasteiger partial charge in [-0.15, -0.1) is 0 Å². The van der Waals surface area contributed by atoms with Crippen molar-refractivity contribution in [2.45, 2.75) is 19.3 Å². The van der Waals surface area contributed by atoms with E-state index in [1.807, 2.05) is 53.9 Å². The molecule has 0 fully saturated rings. The summed E-state index contributed by atoms with van der Waals surface area (Å²) < 4.78 is 11.6. The number of aromatic nitrogens is 1. The SMILES string of the molecule is COC(=O)CC[C@H]1CN(C)C=C(C(=O)OC)[C@H]1CC(=O)c1cc2ccccc2n1C. The lowest BCUT2D eigenvalue weighted by molar-refractivity contribution is -0.141. The van der Waals surface area contributed by atoms with Crippen LogP contribution in [0.2, 0.25) is 0 Å². The highest BCUT2D eigenvalue weighted by atomic mass is 16.5. The van der Waals surface area contributed by atoms with Crippen LogP contribution >= 0.6 is 0 Å². The maximum absolute atomic E-state index is 13.3. The molecule has 1 aromatic heterocycles. The number of esters is 2. The lowest BCUT2D eigenvalue weighted by Gasteiger charge is -2.36. The highest BCUT2D eigenvalue weighted by Crippen LogP contribution is 2.35. The fourth-order valence-corrected chi connectivity index (χ4v) is 4.29. The molecule has 7 nitrogen and oxygen atoms in total. The largest absolute Gasteiger partial charge is 0.469 e. The summed E-state index contributed by atoms with van der Waals surface area (Å²) in [5.74, 6) is -1.16. The quantitative estimate of drug-likeness (QED) is 0.514. The molecule has 0 unspecified atom stereocenters. The Hall–Kier alpha value is -3.09. The molecular formula is C23H28N2O5. The first-order valence-electron chi connectivity index (χ1n) is 10.0. The number of carbonyl (C=O) groups excluding carboxylic acids is 3. The number of hydrogen-bond acceptors (Lipinski definition) is 6. The molecule has 0 radical (unpaired) electrons. The van der Waals surface area contributed by atoms with Crippen molar-refractivity contribution >= 4 is 28.6 Å². The summed E-state index contributed by atoms with van der Waals surface area (Å²) in [4.78, 5) is 39.3. The van der Waals surface area contributed by atoms with Gasteiger partial charge in [-0.05, 0) is 24.5 Å². The molecule has 0 bridgehead atoms. The summed E-state index contributed by atoms with van der Waals surface area (Å²) in [6, 6.07) is 9.71. The molecule has 0 spiro atoms. The minimum absolute atomic E-state index is 0.0406. The van der Waals surface area contributed by atoms with E-state index in [-0.39, 0.29) is 36.4 Å². The summed E-state index contributed by atoms with van der Waals surface area (Å²) in [5.41, 5.74) is 2.05. The van der Waals surface area contributed by atoms with Crippen molar-refractivity contribution in [3.8, 4) is 0 Å². The Balaban J connectivity index is 1.90. The third-order valence-corrected chi connectivity index (χ3v) is 5.86. The average molecular weight is 412 g/mol. The highest BCUT2D eigenvalue weighted by molar-refractivity contribution is 6.01. The first-order valence-corrected chi connectivity index (χ1v) is 10.0. The molecule has 1 aliphatic heterocycles. The van der Waals surface area contributed by atoms with Crippen LogP contribution in [0.3, 0.4) is 0 Å². The Morgan fingerprint density at radius 2 is 1.83 bits per heavy atom. The van der Waals surface area contributed by atoms with Crippen LogP contribution < -0.4 is 0 Å². The lowest BCUT2D eigenvalue weighted by Crippen LogP contribution is -2.38. The second-order valence-electron chi connectivity index (χ2n) is 7.77. The zero-order chi connectivity index (χ0) is 21.8. The third kappa shape index (κ3) is 4.40. The van der Waals surface area contributed by atoms with Crippen molar-refractivity contribution < 1.29 is 23.9 Å². The number of ether oxygens (including phenoxy) is 2. The van der Waals surface area contributed by atoms with Crippen LogP contribution in [0.25, 0.3) is 10.9 Å². The number of hydrogen-bond donors (Lipinski definition) is 0. The Kier molecular flexibility index (Phi) is 6.59. The molecule has 7 heteroatoms. The first kappa shape index (κ1) is 21.6. The van der Waals surface area contributed by atoms with Gasteiger partial charge in [0.2, 0.25) is 0 Å². The van der Waals surface area contributed by atoms with E-state index < -0.39 is 5.97 Å². The Bertz CT molecular complexity index is 991. The fraction of sp³-hybridized carbons (Fsp3) is 0.435. The molecule has 160 valence electrons. The molecule has 0 N–H and O–H groups in total. The van der Waals surface area contributed by atoms with Crippen molar-refractivity contribution in [3.63, 3.8) is 0 Å². The molecule has 1 aliphatic rings. The van der Waals surface area contributed by atoms with Gasteiger partial charge in [-0.3, -0.25) is 9.59 Å². The molecule has 3 rings (SSSR count). The fourth-order valence-electron chi connectivity index (χ4n) is 4.29. The lowest BCUT2D eigenvalue weighted by atomic mass is 9.77. The molecule has 2 atom stereocenters. The highest BCUT2D eigenvalue weighted by Gasteiger charge is 2.36. The smallest absolute Gasteiger partial charge is 0.335 e. The number of carbonyl (C=O) groups is 3. The number of aryl methyl sites for hydroxylation is 1. The number of rotatable bonds is 7. The zero-order valence-corrected chi connectivity index (χ0v) is 17.9. The summed E-state index contributed by atoms with van der Waals surface area (Å²) in [5, 5.41) is 0.998. The number of para-hydroxylation sites is 1. The average Bonchev–Trinajstić information content (AvgIpc) is 3.09. The zero-order valence-electron chi connectivity index (χ0n) is 17.9. The molecule has 0 amide bonds. The van der Waals surface area contributed by atoms with E-state index in [9.17, 15) is 14.4 Å². The summed E-state index contributed by atoms with van der Waals surface area (Å²) in [6.07, 6.45) is 2.69. The monoisotopic (exact) mass is 412 g/mol. The topological polar surface area (TPSA) is 77.8 Å². The van der Waals surface area contributed by atoms with E-state index in [0.717, 1.165) is 10.9 Å². The van der Waals surface area contributed by atoms with Crippen molar-refractivity contribution in [1.82, 2.24) is 9.47 Å². The standard InChI is InChI=1S/C23H28N2O5/c1-24-13-16(9-10-22(27)29-3)17(18(14-24)23(28)30-4)12-21(26)20-11-15-7-5-6-8-19(15)25(20)2/h5-8,11,14,16-17H,9-10,12-13H2,1-4H3/t16-,17-/m0/s1. The second kappa shape index (κ2) is 9.15. The number of fused-ring (bicyclic) bond motifs is 1. The van der Waals surface area contributed by atoms with E-state index in [0.29, 0.717) is 24.2 Å². The van der Waals surface area contributed by atoms with Gasteiger partial charge in [-0.2, -0.15) is 0 Å². The maximum atomic E-state index is 13.3. The molecule has 30 heavy (non-hydrogen) atoms. The van der Waals surface area contributed by atoms with Crippen molar-refractivity contribution in [2.75, 3.05) is 27.8 Å². The van der Waals surface area contributed by atoms with Gasteiger partial charge in [-0.1, -0.05) is 18.2 Å². The van der Waals surface area contributed by atoms with E-state index >= 15 is 0 Å². The van der Waals surface area contributed by atoms with Crippen molar-refractivity contribution in [1.29, 1.82) is 0 Å². The Morgan fingerprint density at radius 3 is 2.50 bits per heavy atom. The van der Waals surface area contributed by atoms with E-state index in [1.54, 1.807) is 6.20 Å². The molecular weight excluding hydrogens is 384 g/mol. The maximum Gasteiger partial charge on any atom is 0.335 e. The number of ketones is 1. The van der Waals surface area contributed by atoms with Crippen molar-refractivity contribution in [3.05, 3.63) is 47.8 Å². The molecule has 0 saturated heterocycles. The van der Waals surface area contributed by atoms with Crippen LogP contribution in [-0.4, -0.2) is 55.0 Å². The van der Waals surface area contributed by atoms with Gasteiger partial charge in [0.1, 0.15) is 0 Å². The Labute approximate surface area is 176 Å². The van der Waals surface area contributed by atoms with Crippen LogP contribution in [0, 0.1) is 11.8 Å². The first-order chi connectivity index (χ1) is 14.3. The molecule has 1 aromatic carbocycles. The van der Waals surface area contributed by atoms with E-state index in [2.05, 4.69) is 0 Å². The number of Topliss-reactive ketones (excluding diaryl/α,β-unsaturated/α-hetero) is 1. The van der Waals surface area contributed by atoms with E-state index in [1.165, 1.54) is 14.2 Å². The number of methoxy groups -OCH3 is 2. The Morgan fingerprint density at radius 1 is 1.10 bits per heavy atom.